The average Bonchev–Trinajstić information content (AvgIpc) is 2.86. The molecule has 3 aromatic carbocycles. The molecule has 0 aliphatic heterocycles. The highest BCUT2D eigenvalue weighted by atomic mass is 14.0. The van der Waals surface area contributed by atoms with Crippen LogP contribution in [0, 0.1) is 10.4 Å². The highest BCUT2D eigenvalue weighted by Crippen LogP contribution is 2.07. The summed E-state index contributed by atoms with van der Waals surface area (Å²) in [4.78, 5) is 0. The van der Waals surface area contributed by atoms with Gasteiger partial charge in [0.25, 0.3) is 0 Å². The molecule has 0 spiro atoms. The van der Waals surface area contributed by atoms with Crippen molar-refractivity contribution in [2.45, 2.75) is 0 Å². The Hall–Kier alpha value is -2.60. The zero-order chi connectivity index (χ0) is 13.4. The second kappa shape index (κ2) is 4.50. The van der Waals surface area contributed by atoms with Crippen molar-refractivity contribution in [1.82, 2.24) is 0 Å². The van der Waals surface area contributed by atoms with Gasteiger partial charge in [0.05, 0.1) is 0 Å². The second-order valence-electron chi connectivity index (χ2n) is 5.13. The quantitative estimate of drug-likeness (QED) is 0.490. The Morgan fingerprint density at radius 1 is 0.650 bits per heavy atom. The highest BCUT2D eigenvalue weighted by molar-refractivity contribution is 5.58. The standard InChI is InChI=1S/C20H14/c1-2-6-15(7-3-1)12-16-10-11-20-18(13-16)14-17-8-4-5-9-19(17)20/h1-14H. The molecule has 0 heterocycles. The van der Waals surface area contributed by atoms with Crippen molar-refractivity contribution in [3.8, 4) is 0 Å². The van der Waals surface area contributed by atoms with E-state index in [1.165, 1.54) is 32.0 Å². The summed E-state index contributed by atoms with van der Waals surface area (Å²) in [5.41, 5.74) is 2.55. The molecule has 1 aliphatic rings. The summed E-state index contributed by atoms with van der Waals surface area (Å²) < 4.78 is 0. The predicted molar refractivity (Wildman–Crippen MR) is 83.4 cm³/mol. The molecule has 0 nitrogen and oxygen atoms in total. The van der Waals surface area contributed by atoms with E-state index in [1.54, 1.807) is 0 Å². The lowest BCUT2D eigenvalue weighted by molar-refractivity contribution is 1.46. The van der Waals surface area contributed by atoms with Crippen LogP contribution in [-0.2, 0) is 0 Å². The van der Waals surface area contributed by atoms with Gasteiger partial charge in [0, 0.05) is 0 Å². The minimum atomic E-state index is 1.24. The Labute approximate surface area is 117 Å². The van der Waals surface area contributed by atoms with Crippen LogP contribution in [0.5, 0.6) is 0 Å². The molecule has 4 rings (SSSR count). The van der Waals surface area contributed by atoms with E-state index < -0.39 is 0 Å². The SMILES string of the molecule is C(c1ccccc1)=c1ccc2c(c1)C=c1ccccc1=2. The fourth-order valence-electron chi connectivity index (χ4n) is 2.81. The first kappa shape index (κ1) is 11.2. The molecule has 0 aromatic heterocycles. The van der Waals surface area contributed by atoms with E-state index in [-0.39, 0.29) is 0 Å². The van der Waals surface area contributed by atoms with Crippen molar-refractivity contribution in [3.63, 3.8) is 0 Å². The Bertz CT molecular complexity index is 980. The van der Waals surface area contributed by atoms with Gasteiger partial charge in [0.2, 0.25) is 0 Å². The van der Waals surface area contributed by atoms with Crippen LogP contribution < -0.4 is 10.4 Å². The molecule has 0 amide bonds. The fraction of sp³-hybridized carbons (Fsp3) is 0. The number of fused-ring (bicyclic) bond motifs is 2. The maximum absolute atomic E-state index is 2.27. The number of hydrogen-bond acceptors (Lipinski definition) is 0. The van der Waals surface area contributed by atoms with Crippen LogP contribution in [0.2, 0.25) is 0 Å². The normalized spacial score (nSPS) is 12.7. The molecule has 0 radical (unpaired) electrons. The van der Waals surface area contributed by atoms with Gasteiger partial charge in [0.15, 0.2) is 0 Å². The number of rotatable bonds is 1. The fourth-order valence-corrected chi connectivity index (χ4v) is 2.81. The van der Waals surface area contributed by atoms with Crippen LogP contribution in [-0.4, -0.2) is 0 Å². The third kappa shape index (κ3) is 1.86. The van der Waals surface area contributed by atoms with Gasteiger partial charge < -0.3 is 0 Å². The maximum Gasteiger partial charge on any atom is -0.0105 e. The van der Waals surface area contributed by atoms with Gasteiger partial charge in [-0.25, -0.2) is 0 Å². The molecule has 0 heteroatoms. The first-order chi connectivity index (χ1) is 9.90. The molecule has 0 fully saturated rings. The predicted octanol–water partition coefficient (Wildman–Crippen LogP) is 2.94. The molecule has 0 bridgehead atoms. The van der Waals surface area contributed by atoms with E-state index in [0.717, 1.165) is 0 Å². The first-order valence-corrected chi connectivity index (χ1v) is 6.88. The van der Waals surface area contributed by atoms with E-state index in [0.29, 0.717) is 0 Å². The monoisotopic (exact) mass is 254 g/mol. The van der Waals surface area contributed by atoms with E-state index in [4.69, 9.17) is 0 Å². The minimum absolute atomic E-state index is 1.24. The topological polar surface area (TPSA) is 0 Å². The van der Waals surface area contributed by atoms with Crippen LogP contribution in [0.15, 0.2) is 72.8 Å². The Morgan fingerprint density at radius 2 is 1.45 bits per heavy atom. The van der Waals surface area contributed by atoms with Crippen LogP contribution in [0.4, 0.5) is 0 Å². The molecule has 20 heavy (non-hydrogen) atoms. The largest absolute Gasteiger partial charge is 0.0622 e. The van der Waals surface area contributed by atoms with Crippen molar-refractivity contribution in [3.05, 3.63) is 105 Å². The zero-order valence-electron chi connectivity index (χ0n) is 11.1. The maximum atomic E-state index is 2.27. The van der Waals surface area contributed by atoms with Crippen molar-refractivity contribution in [1.29, 1.82) is 0 Å². The number of benzene rings is 3. The van der Waals surface area contributed by atoms with Gasteiger partial charge >= 0.3 is 0 Å². The lowest BCUT2D eigenvalue weighted by Crippen LogP contribution is -2.00. The molecule has 94 valence electrons. The smallest absolute Gasteiger partial charge is 0.0105 e. The van der Waals surface area contributed by atoms with E-state index >= 15 is 0 Å². The minimum Gasteiger partial charge on any atom is -0.0622 e. The Balaban J connectivity index is 1.95. The molecule has 3 aromatic rings. The molecule has 0 N–H and O–H groups in total. The van der Waals surface area contributed by atoms with Gasteiger partial charge in [-0.15, -0.1) is 0 Å². The van der Waals surface area contributed by atoms with Crippen LogP contribution >= 0.6 is 0 Å². The molecule has 0 atom stereocenters. The van der Waals surface area contributed by atoms with Gasteiger partial charge in [-0.05, 0) is 50.2 Å². The van der Waals surface area contributed by atoms with Gasteiger partial charge in [-0.3, -0.25) is 0 Å². The van der Waals surface area contributed by atoms with Gasteiger partial charge in [-0.2, -0.15) is 0 Å². The Morgan fingerprint density at radius 3 is 2.35 bits per heavy atom. The summed E-state index contributed by atoms with van der Waals surface area (Å²) in [6.45, 7) is 0. The van der Waals surface area contributed by atoms with Crippen molar-refractivity contribution >= 4 is 12.2 Å². The van der Waals surface area contributed by atoms with Crippen molar-refractivity contribution in [2.75, 3.05) is 0 Å². The molecular formula is C20H14. The van der Waals surface area contributed by atoms with E-state index in [1.807, 2.05) is 6.07 Å². The summed E-state index contributed by atoms with van der Waals surface area (Å²) in [5, 5.41) is 5.25. The Kier molecular flexibility index (Phi) is 2.53. The summed E-state index contributed by atoms with van der Waals surface area (Å²) >= 11 is 0. The van der Waals surface area contributed by atoms with Crippen molar-refractivity contribution < 1.29 is 0 Å². The van der Waals surface area contributed by atoms with Crippen LogP contribution in [0.1, 0.15) is 11.1 Å². The van der Waals surface area contributed by atoms with Crippen LogP contribution in [0.25, 0.3) is 12.2 Å². The summed E-state index contributed by atoms with van der Waals surface area (Å²) in [6.07, 6.45) is 4.49. The summed E-state index contributed by atoms with van der Waals surface area (Å²) in [6, 6.07) is 25.7. The highest BCUT2D eigenvalue weighted by Gasteiger charge is 2.00. The summed E-state index contributed by atoms with van der Waals surface area (Å²) in [5.74, 6) is 0. The third-order valence-electron chi connectivity index (χ3n) is 3.77. The summed E-state index contributed by atoms with van der Waals surface area (Å²) in [7, 11) is 0. The van der Waals surface area contributed by atoms with Gasteiger partial charge in [0.1, 0.15) is 0 Å². The van der Waals surface area contributed by atoms with Crippen molar-refractivity contribution in [2.24, 2.45) is 0 Å². The van der Waals surface area contributed by atoms with E-state index in [2.05, 4.69) is 78.9 Å². The molecule has 1 aliphatic carbocycles. The molecule has 0 saturated heterocycles. The van der Waals surface area contributed by atoms with Gasteiger partial charge in [-0.1, -0.05) is 66.7 Å². The first-order valence-electron chi connectivity index (χ1n) is 6.88. The average molecular weight is 254 g/mol. The van der Waals surface area contributed by atoms with Crippen LogP contribution in [0.3, 0.4) is 0 Å². The number of hydrogen-bond donors (Lipinski definition) is 0. The lowest BCUT2D eigenvalue weighted by atomic mass is 10.1. The van der Waals surface area contributed by atoms with E-state index in [9.17, 15) is 0 Å². The zero-order valence-corrected chi connectivity index (χ0v) is 11.1. The molecule has 0 unspecified atom stereocenters. The third-order valence-corrected chi connectivity index (χ3v) is 3.77. The molecular weight excluding hydrogens is 240 g/mol. The second-order valence-corrected chi connectivity index (χ2v) is 5.13. The molecule has 0 saturated carbocycles. The lowest BCUT2D eigenvalue weighted by Gasteiger charge is -1.94.